The van der Waals surface area contributed by atoms with Crippen LogP contribution in [0.3, 0.4) is 0 Å². The molecule has 0 N–H and O–H groups in total. The largest absolute Gasteiger partial charge is 0.340 e. The Morgan fingerprint density at radius 2 is 2.11 bits per heavy atom. The maximum absolute atomic E-state index is 13.9. The van der Waals surface area contributed by atoms with Gasteiger partial charge in [-0.05, 0) is 31.5 Å². The zero-order chi connectivity index (χ0) is 19.4. The van der Waals surface area contributed by atoms with Gasteiger partial charge in [-0.1, -0.05) is 29.8 Å². The van der Waals surface area contributed by atoms with Crippen molar-refractivity contribution < 1.29 is 9.18 Å². The third-order valence-corrected chi connectivity index (χ3v) is 5.09. The molecule has 1 fully saturated rings. The summed E-state index contributed by atoms with van der Waals surface area (Å²) in [5.41, 5.74) is 0.285. The molecule has 0 aliphatic carbocycles. The minimum Gasteiger partial charge on any atom is -0.340 e. The highest BCUT2D eigenvalue weighted by molar-refractivity contribution is 6.29. The highest BCUT2D eigenvalue weighted by atomic mass is 35.5. The van der Waals surface area contributed by atoms with Gasteiger partial charge in [-0.25, -0.2) is 9.07 Å². The number of benzene rings is 1. The van der Waals surface area contributed by atoms with Crippen LogP contribution in [0.1, 0.15) is 18.4 Å². The van der Waals surface area contributed by atoms with Gasteiger partial charge in [0.1, 0.15) is 17.5 Å². The Kier molecular flexibility index (Phi) is 6.23. The van der Waals surface area contributed by atoms with Gasteiger partial charge in [-0.2, -0.15) is 5.10 Å². The van der Waals surface area contributed by atoms with Gasteiger partial charge in [0.05, 0.1) is 0 Å². The molecule has 0 saturated carbocycles. The Bertz CT molecular complexity index is 873. The van der Waals surface area contributed by atoms with Gasteiger partial charge in [-0.15, -0.1) is 0 Å². The fourth-order valence-corrected chi connectivity index (χ4v) is 3.49. The summed E-state index contributed by atoms with van der Waals surface area (Å²) in [6.45, 7) is 1.89. The number of hydrogen-bond donors (Lipinski definition) is 0. The first-order chi connectivity index (χ1) is 12.9. The molecule has 0 bridgehead atoms. The van der Waals surface area contributed by atoms with Crippen molar-refractivity contribution in [2.45, 2.75) is 32.0 Å². The van der Waals surface area contributed by atoms with Gasteiger partial charge in [0, 0.05) is 37.8 Å². The third kappa shape index (κ3) is 4.93. The smallest absolute Gasteiger partial charge is 0.267 e. The van der Waals surface area contributed by atoms with Gasteiger partial charge in [0.15, 0.2) is 0 Å². The van der Waals surface area contributed by atoms with E-state index in [0.29, 0.717) is 18.7 Å². The minimum atomic E-state index is -0.369. The second-order valence-electron chi connectivity index (χ2n) is 6.78. The van der Waals surface area contributed by atoms with Gasteiger partial charge >= 0.3 is 0 Å². The summed E-state index contributed by atoms with van der Waals surface area (Å²) < 4.78 is 15.0. The van der Waals surface area contributed by atoms with Gasteiger partial charge in [-0.3, -0.25) is 14.5 Å². The average molecular weight is 393 g/mol. The van der Waals surface area contributed by atoms with Gasteiger partial charge in [0.2, 0.25) is 5.91 Å². The number of aromatic nitrogens is 2. The van der Waals surface area contributed by atoms with Crippen LogP contribution in [0.2, 0.25) is 5.15 Å². The number of nitrogens with zero attached hydrogens (tertiary/aromatic N) is 4. The summed E-state index contributed by atoms with van der Waals surface area (Å²) in [7, 11) is 1.73. The molecule has 2 aromatic rings. The second kappa shape index (κ2) is 8.63. The number of amides is 1. The van der Waals surface area contributed by atoms with Crippen LogP contribution in [-0.2, 0) is 17.9 Å². The van der Waals surface area contributed by atoms with Crippen molar-refractivity contribution in [1.29, 1.82) is 0 Å². The van der Waals surface area contributed by atoms with Crippen LogP contribution in [0, 0.1) is 5.82 Å². The van der Waals surface area contributed by atoms with Crippen molar-refractivity contribution in [3.05, 3.63) is 63.3 Å². The summed E-state index contributed by atoms with van der Waals surface area (Å²) in [4.78, 5) is 28.2. The van der Waals surface area contributed by atoms with E-state index in [-0.39, 0.29) is 35.0 Å². The Morgan fingerprint density at radius 1 is 1.33 bits per heavy atom. The van der Waals surface area contributed by atoms with Crippen molar-refractivity contribution in [2.75, 3.05) is 20.1 Å². The molecule has 144 valence electrons. The first-order valence-corrected chi connectivity index (χ1v) is 9.27. The Hall–Kier alpha value is -2.25. The van der Waals surface area contributed by atoms with Crippen LogP contribution < -0.4 is 5.56 Å². The number of rotatable bonds is 5. The number of carbonyl (C=O) groups is 1. The lowest BCUT2D eigenvalue weighted by atomic mass is 10.0. The molecular weight excluding hydrogens is 371 g/mol. The van der Waals surface area contributed by atoms with Crippen molar-refractivity contribution in [1.82, 2.24) is 19.6 Å². The van der Waals surface area contributed by atoms with Crippen molar-refractivity contribution in [3.63, 3.8) is 0 Å². The molecule has 1 aromatic heterocycles. The molecule has 0 unspecified atom stereocenters. The van der Waals surface area contributed by atoms with E-state index in [1.807, 2.05) is 6.07 Å². The first kappa shape index (κ1) is 19.5. The van der Waals surface area contributed by atoms with Gasteiger partial charge in [0.25, 0.3) is 5.56 Å². The summed E-state index contributed by atoms with van der Waals surface area (Å²) in [5.74, 6) is -0.417. The Balaban J connectivity index is 1.63. The quantitative estimate of drug-likeness (QED) is 0.782. The van der Waals surface area contributed by atoms with E-state index in [9.17, 15) is 14.0 Å². The van der Waals surface area contributed by atoms with Crippen LogP contribution in [0.15, 0.2) is 41.2 Å². The Labute approximate surface area is 162 Å². The van der Waals surface area contributed by atoms with E-state index in [0.717, 1.165) is 24.1 Å². The number of carbonyl (C=O) groups excluding carboxylic acids is 1. The molecule has 1 amide bonds. The van der Waals surface area contributed by atoms with Crippen molar-refractivity contribution >= 4 is 17.5 Å². The van der Waals surface area contributed by atoms with Crippen molar-refractivity contribution in [3.8, 4) is 0 Å². The fraction of sp³-hybridized carbons (Fsp3) is 0.421. The van der Waals surface area contributed by atoms with E-state index in [1.165, 1.54) is 18.2 Å². The van der Waals surface area contributed by atoms with E-state index >= 15 is 0 Å². The molecule has 8 heteroatoms. The lowest BCUT2D eigenvalue weighted by Crippen LogP contribution is -2.49. The molecule has 1 aromatic carbocycles. The minimum absolute atomic E-state index is 0.00732. The molecule has 0 radical (unpaired) electrons. The molecule has 1 saturated heterocycles. The monoisotopic (exact) mass is 392 g/mol. The lowest BCUT2D eigenvalue weighted by Gasteiger charge is -2.37. The number of halogens is 2. The van der Waals surface area contributed by atoms with Crippen LogP contribution in [-0.4, -0.2) is 51.7 Å². The number of likely N-dealkylation sites (tertiary alicyclic amines) is 1. The second-order valence-corrected chi connectivity index (χ2v) is 7.17. The lowest BCUT2D eigenvalue weighted by molar-refractivity contribution is -0.134. The van der Waals surface area contributed by atoms with Gasteiger partial charge < -0.3 is 4.90 Å². The van der Waals surface area contributed by atoms with E-state index in [2.05, 4.69) is 10.00 Å². The Morgan fingerprint density at radius 3 is 2.89 bits per heavy atom. The molecule has 1 aliphatic heterocycles. The van der Waals surface area contributed by atoms with Crippen LogP contribution in [0.25, 0.3) is 0 Å². The number of likely N-dealkylation sites (N-methyl/N-ethyl adjacent to an activating group) is 1. The zero-order valence-electron chi connectivity index (χ0n) is 15.1. The van der Waals surface area contributed by atoms with E-state index in [1.54, 1.807) is 24.1 Å². The van der Waals surface area contributed by atoms with E-state index in [4.69, 9.17) is 11.6 Å². The summed E-state index contributed by atoms with van der Waals surface area (Å²) >= 11 is 5.80. The topological polar surface area (TPSA) is 58.4 Å². The fourth-order valence-electron chi connectivity index (χ4n) is 3.34. The molecular formula is C19H22ClFN4O2. The summed E-state index contributed by atoms with van der Waals surface area (Å²) in [5, 5.41) is 4.06. The normalized spacial score (nSPS) is 17.7. The maximum atomic E-state index is 13.9. The molecule has 1 aliphatic rings. The van der Waals surface area contributed by atoms with Crippen LogP contribution in [0.4, 0.5) is 4.39 Å². The van der Waals surface area contributed by atoms with E-state index < -0.39 is 0 Å². The molecule has 1 atom stereocenters. The molecule has 0 spiro atoms. The average Bonchev–Trinajstić information content (AvgIpc) is 2.66. The zero-order valence-corrected chi connectivity index (χ0v) is 15.9. The number of piperidine rings is 1. The third-order valence-electron chi connectivity index (χ3n) is 4.89. The van der Waals surface area contributed by atoms with Crippen molar-refractivity contribution in [2.24, 2.45) is 0 Å². The molecule has 2 heterocycles. The summed E-state index contributed by atoms with van der Waals surface area (Å²) in [6, 6.07) is 9.44. The predicted octanol–water partition coefficient (Wildman–Crippen LogP) is 2.16. The summed E-state index contributed by atoms with van der Waals surface area (Å²) in [6.07, 6.45) is 1.79. The molecule has 6 nitrogen and oxygen atoms in total. The molecule has 3 rings (SSSR count). The predicted molar refractivity (Wildman–Crippen MR) is 101 cm³/mol. The molecule has 27 heavy (non-hydrogen) atoms. The standard InChI is InChI=1S/C19H22ClFN4O2/c1-23(19(27)13-25-18(26)9-8-17(20)22-25)15-6-4-10-24(12-15)11-14-5-2-3-7-16(14)21/h2-3,5,7-9,15H,4,6,10-13H2,1H3/t15-/m0/s1. The van der Waals surface area contributed by atoms with Crippen LogP contribution >= 0.6 is 11.6 Å². The SMILES string of the molecule is CN(C(=O)Cn1nc(Cl)ccc1=O)[C@H]1CCCN(Cc2ccccc2F)C1. The number of hydrogen-bond acceptors (Lipinski definition) is 4. The highest BCUT2D eigenvalue weighted by Crippen LogP contribution is 2.18. The first-order valence-electron chi connectivity index (χ1n) is 8.89. The highest BCUT2D eigenvalue weighted by Gasteiger charge is 2.26. The van der Waals surface area contributed by atoms with Crippen LogP contribution in [0.5, 0.6) is 0 Å². The maximum Gasteiger partial charge on any atom is 0.267 e.